The van der Waals surface area contributed by atoms with Crippen LogP contribution in [0.5, 0.6) is 0 Å². The lowest BCUT2D eigenvalue weighted by Gasteiger charge is -2.28. The first kappa shape index (κ1) is 14.2. The maximum atomic E-state index is 9.23. The predicted molar refractivity (Wildman–Crippen MR) is 77.7 cm³/mol. The van der Waals surface area contributed by atoms with Gasteiger partial charge in [-0.25, -0.2) is 0 Å². The molecule has 102 valence electrons. The first-order valence-electron chi connectivity index (χ1n) is 7.33. The van der Waals surface area contributed by atoms with E-state index in [0.717, 1.165) is 19.5 Å². The molecular weight excluding hydrogens is 242 g/mol. The summed E-state index contributed by atoms with van der Waals surface area (Å²) in [5.41, 5.74) is 0. The van der Waals surface area contributed by atoms with E-state index >= 15 is 0 Å². The van der Waals surface area contributed by atoms with Crippen LogP contribution >= 0.6 is 11.8 Å². The molecule has 2 rings (SSSR count). The molecule has 1 saturated carbocycles. The lowest BCUT2D eigenvalue weighted by Crippen LogP contribution is -2.42. The van der Waals surface area contributed by atoms with Gasteiger partial charge in [0.25, 0.3) is 0 Å². The van der Waals surface area contributed by atoms with Gasteiger partial charge in [0.15, 0.2) is 0 Å². The molecule has 0 aromatic heterocycles. The number of nitrogens with one attached hydrogen (secondary N) is 1. The van der Waals surface area contributed by atoms with Gasteiger partial charge in [-0.05, 0) is 12.8 Å². The Balaban J connectivity index is 1.68. The molecule has 1 aliphatic carbocycles. The molecular formula is C14H25N3S. The predicted octanol–water partition coefficient (Wildman–Crippen LogP) is 2.10. The fraction of sp³-hybridized carbons (Fsp3) is 0.929. The monoisotopic (exact) mass is 267 g/mol. The zero-order chi connectivity index (χ0) is 12.6. The van der Waals surface area contributed by atoms with Crippen molar-refractivity contribution in [1.29, 1.82) is 5.26 Å². The van der Waals surface area contributed by atoms with Crippen LogP contribution in [-0.4, -0.2) is 48.6 Å². The van der Waals surface area contributed by atoms with Gasteiger partial charge in [-0.3, -0.25) is 0 Å². The summed E-state index contributed by atoms with van der Waals surface area (Å²) in [6.45, 7) is 4.67. The van der Waals surface area contributed by atoms with Crippen molar-refractivity contribution in [3.63, 3.8) is 0 Å². The van der Waals surface area contributed by atoms with Gasteiger partial charge in [0.2, 0.25) is 0 Å². The number of hydrogen-bond donors (Lipinski definition) is 1. The van der Waals surface area contributed by atoms with Crippen LogP contribution in [0.2, 0.25) is 0 Å². The Kier molecular flexibility index (Phi) is 6.33. The normalized spacial score (nSPS) is 30.6. The fourth-order valence-electron chi connectivity index (χ4n) is 2.94. The second-order valence-electron chi connectivity index (χ2n) is 5.39. The summed E-state index contributed by atoms with van der Waals surface area (Å²) in [7, 11) is 0. The van der Waals surface area contributed by atoms with Crippen LogP contribution in [0.4, 0.5) is 0 Å². The highest BCUT2D eigenvalue weighted by Crippen LogP contribution is 2.22. The minimum absolute atomic E-state index is 0.240. The molecule has 0 spiro atoms. The SMILES string of the molecule is N#CC1CCCCCC1NCCN1CCSCC1. The Morgan fingerprint density at radius 3 is 2.72 bits per heavy atom. The van der Waals surface area contributed by atoms with Gasteiger partial charge in [0, 0.05) is 43.7 Å². The van der Waals surface area contributed by atoms with E-state index in [4.69, 9.17) is 0 Å². The maximum Gasteiger partial charge on any atom is 0.0672 e. The summed E-state index contributed by atoms with van der Waals surface area (Å²) in [6.07, 6.45) is 6.11. The minimum Gasteiger partial charge on any atom is -0.311 e. The van der Waals surface area contributed by atoms with Crippen molar-refractivity contribution >= 4 is 11.8 Å². The lowest BCUT2D eigenvalue weighted by atomic mass is 9.96. The van der Waals surface area contributed by atoms with Crippen molar-refractivity contribution in [2.75, 3.05) is 37.7 Å². The molecule has 0 amide bonds. The van der Waals surface area contributed by atoms with Gasteiger partial charge < -0.3 is 10.2 Å². The van der Waals surface area contributed by atoms with E-state index in [9.17, 15) is 5.26 Å². The van der Waals surface area contributed by atoms with Crippen molar-refractivity contribution in [2.24, 2.45) is 5.92 Å². The fourth-order valence-corrected chi connectivity index (χ4v) is 3.92. The van der Waals surface area contributed by atoms with E-state index in [2.05, 4.69) is 28.0 Å². The van der Waals surface area contributed by atoms with Crippen LogP contribution in [0.15, 0.2) is 0 Å². The second-order valence-corrected chi connectivity index (χ2v) is 6.61. The first-order chi connectivity index (χ1) is 8.90. The lowest BCUT2D eigenvalue weighted by molar-refractivity contribution is 0.285. The number of rotatable bonds is 4. The molecule has 1 saturated heterocycles. The molecule has 2 unspecified atom stereocenters. The zero-order valence-corrected chi connectivity index (χ0v) is 12.1. The molecule has 2 fully saturated rings. The third kappa shape index (κ3) is 4.46. The van der Waals surface area contributed by atoms with Gasteiger partial charge >= 0.3 is 0 Å². The van der Waals surface area contributed by atoms with Gasteiger partial charge in [0.05, 0.1) is 12.0 Å². The summed E-state index contributed by atoms with van der Waals surface area (Å²) in [5, 5.41) is 12.9. The Morgan fingerprint density at radius 2 is 1.94 bits per heavy atom. The number of hydrogen-bond acceptors (Lipinski definition) is 4. The Labute approximate surface area is 115 Å². The summed E-state index contributed by atoms with van der Waals surface area (Å²) in [4.78, 5) is 2.54. The third-order valence-electron chi connectivity index (χ3n) is 4.12. The molecule has 0 bridgehead atoms. The van der Waals surface area contributed by atoms with Crippen LogP contribution in [0, 0.1) is 17.2 Å². The molecule has 18 heavy (non-hydrogen) atoms. The largest absolute Gasteiger partial charge is 0.311 e. The topological polar surface area (TPSA) is 39.1 Å². The number of thioether (sulfide) groups is 1. The maximum absolute atomic E-state index is 9.23. The molecule has 0 radical (unpaired) electrons. The molecule has 0 aromatic carbocycles. The van der Waals surface area contributed by atoms with E-state index in [1.165, 1.54) is 50.3 Å². The zero-order valence-electron chi connectivity index (χ0n) is 11.2. The summed E-state index contributed by atoms with van der Waals surface area (Å²) in [5.74, 6) is 2.80. The quantitative estimate of drug-likeness (QED) is 0.792. The highest BCUT2D eigenvalue weighted by molar-refractivity contribution is 7.99. The Hall–Kier alpha value is -0.240. The summed E-state index contributed by atoms with van der Waals surface area (Å²) in [6, 6.07) is 2.94. The number of nitrogens with zero attached hydrogens (tertiary/aromatic N) is 2. The van der Waals surface area contributed by atoms with Gasteiger partial charge in [-0.15, -0.1) is 0 Å². The summed E-state index contributed by atoms with van der Waals surface area (Å²) >= 11 is 2.06. The van der Waals surface area contributed by atoms with Crippen molar-refractivity contribution in [3.8, 4) is 6.07 Å². The van der Waals surface area contributed by atoms with Crippen molar-refractivity contribution in [1.82, 2.24) is 10.2 Å². The molecule has 1 heterocycles. The molecule has 4 heteroatoms. The molecule has 2 aliphatic rings. The third-order valence-corrected chi connectivity index (χ3v) is 5.06. The molecule has 0 aromatic rings. The molecule has 1 aliphatic heterocycles. The Morgan fingerprint density at radius 1 is 1.17 bits per heavy atom. The standard InChI is InChI=1S/C14H25N3S/c15-12-13-4-2-1-3-5-14(13)16-6-7-17-8-10-18-11-9-17/h13-14,16H,1-11H2. The van der Waals surface area contributed by atoms with Crippen LogP contribution in [0.1, 0.15) is 32.1 Å². The van der Waals surface area contributed by atoms with Crippen LogP contribution < -0.4 is 5.32 Å². The average Bonchev–Trinajstić information content (AvgIpc) is 2.65. The van der Waals surface area contributed by atoms with E-state index < -0.39 is 0 Å². The van der Waals surface area contributed by atoms with E-state index in [1.54, 1.807) is 0 Å². The van der Waals surface area contributed by atoms with E-state index in [0.29, 0.717) is 6.04 Å². The van der Waals surface area contributed by atoms with Gasteiger partial charge in [-0.1, -0.05) is 19.3 Å². The van der Waals surface area contributed by atoms with Gasteiger partial charge in [0.1, 0.15) is 0 Å². The number of nitriles is 1. The van der Waals surface area contributed by atoms with Crippen LogP contribution in [0.25, 0.3) is 0 Å². The average molecular weight is 267 g/mol. The second kappa shape index (κ2) is 8.04. The van der Waals surface area contributed by atoms with Crippen LogP contribution in [-0.2, 0) is 0 Å². The molecule has 3 nitrogen and oxygen atoms in total. The van der Waals surface area contributed by atoms with E-state index in [-0.39, 0.29) is 5.92 Å². The van der Waals surface area contributed by atoms with Crippen molar-refractivity contribution in [2.45, 2.75) is 38.1 Å². The Bertz CT molecular complexity index is 271. The minimum atomic E-state index is 0.240. The first-order valence-corrected chi connectivity index (χ1v) is 8.49. The summed E-state index contributed by atoms with van der Waals surface area (Å²) < 4.78 is 0. The van der Waals surface area contributed by atoms with E-state index in [1.807, 2.05) is 0 Å². The molecule has 2 atom stereocenters. The highest BCUT2D eigenvalue weighted by atomic mass is 32.2. The van der Waals surface area contributed by atoms with Crippen LogP contribution in [0.3, 0.4) is 0 Å². The van der Waals surface area contributed by atoms with Gasteiger partial charge in [-0.2, -0.15) is 17.0 Å². The molecule has 1 N–H and O–H groups in total. The van der Waals surface area contributed by atoms with Crippen molar-refractivity contribution in [3.05, 3.63) is 0 Å². The van der Waals surface area contributed by atoms with Crippen molar-refractivity contribution < 1.29 is 0 Å². The highest BCUT2D eigenvalue weighted by Gasteiger charge is 2.22. The smallest absolute Gasteiger partial charge is 0.0672 e.